The van der Waals surface area contributed by atoms with Gasteiger partial charge in [0.25, 0.3) is 5.56 Å². The highest BCUT2D eigenvalue weighted by molar-refractivity contribution is 6.07. The monoisotopic (exact) mass is 415 g/mol. The van der Waals surface area contributed by atoms with Gasteiger partial charge in [-0.05, 0) is 18.7 Å². The lowest BCUT2D eigenvalue weighted by atomic mass is 10.2. The smallest absolute Gasteiger partial charge is 0.291 e. The normalized spacial score (nSPS) is 15.1. The number of carbonyl (C=O) groups excluding carboxylic acids is 1. The van der Waals surface area contributed by atoms with Crippen molar-refractivity contribution in [3.8, 4) is 0 Å². The zero-order chi connectivity index (χ0) is 21.4. The molecule has 0 aliphatic carbocycles. The van der Waals surface area contributed by atoms with Crippen molar-refractivity contribution in [2.24, 2.45) is 0 Å². The van der Waals surface area contributed by atoms with Crippen LogP contribution in [0.5, 0.6) is 0 Å². The molecule has 1 saturated heterocycles. The third kappa shape index (κ3) is 3.61. The van der Waals surface area contributed by atoms with Crippen molar-refractivity contribution in [1.82, 2.24) is 24.1 Å². The zero-order valence-electron chi connectivity index (χ0n) is 17.6. The van der Waals surface area contributed by atoms with Crippen molar-refractivity contribution in [3.63, 3.8) is 0 Å². The van der Waals surface area contributed by atoms with E-state index in [-0.39, 0.29) is 18.0 Å². The molecule has 1 amide bonds. The quantitative estimate of drug-likeness (QED) is 0.513. The Kier molecular flexibility index (Phi) is 5.03. The summed E-state index contributed by atoms with van der Waals surface area (Å²) in [7, 11) is 2.05. The predicted octanol–water partition coefficient (Wildman–Crippen LogP) is 2.17. The summed E-state index contributed by atoms with van der Waals surface area (Å²) in [6, 6.07) is 18.1. The molecule has 158 valence electrons. The van der Waals surface area contributed by atoms with Crippen molar-refractivity contribution in [2.75, 3.05) is 33.2 Å². The molecule has 2 aromatic heterocycles. The summed E-state index contributed by atoms with van der Waals surface area (Å²) < 4.78 is 3.35. The van der Waals surface area contributed by atoms with E-state index in [4.69, 9.17) is 0 Å². The first-order chi connectivity index (χ1) is 15.1. The Morgan fingerprint density at radius 2 is 1.65 bits per heavy atom. The largest absolute Gasteiger partial charge is 0.339 e. The molecule has 1 aliphatic heterocycles. The van der Waals surface area contributed by atoms with Crippen molar-refractivity contribution < 1.29 is 4.79 Å². The minimum atomic E-state index is -0.230. The summed E-state index contributed by atoms with van der Waals surface area (Å²) in [5.74, 6) is -0.0622. The molecule has 0 saturated carbocycles. The van der Waals surface area contributed by atoms with E-state index >= 15 is 0 Å². The number of likely N-dealkylation sites (N-methyl/N-ethyl adjacent to an activating group) is 1. The summed E-state index contributed by atoms with van der Waals surface area (Å²) in [6.45, 7) is 3.60. The van der Waals surface area contributed by atoms with Gasteiger partial charge in [0, 0.05) is 49.0 Å². The Balaban J connectivity index is 1.57. The molecule has 0 N–H and O–H groups in total. The van der Waals surface area contributed by atoms with Crippen molar-refractivity contribution >= 4 is 27.7 Å². The molecule has 5 rings (SSSR count). The van der Waals surface area contributed by atoms with Crippen LogP contribution in [0.2, 0.25) is 0 Å². The molecule has 7 heteroatoms. The third-order valence-electron chi connectivity index (χ3n) is 6.10. The highest BCUT2D eigenvalue weighted by atomic mass is 16.2. The summed E-state index contributed by atoms with van der Waals surface area (Å²) in [4.78, 5) is 30.3. The van der Waals surface area contributed by atoms with E-state index in [0.717, 1.165) is 34.9 Å². The number of carbonyl (C=O) groups is 1. The van der Waals surface area contributed by atoms with Crippen LogP contribution in [0.4, 0.5) is 0 Å². The number of fused-ring (bicyclic) bond motifs is 3. The van der Waals surface area contributed by atoms with Gasteiger partial charge in [0.05, 0.1) is 6.20 Å². The lowest BCUT2D eigenvalue weighted by molar-refractivity contribution is -0.133. The molecule has 0 atom stereocenters. The van der Waals surface area contributed by atoms with E-state index < -0.39 is 0 Å². The maximum Gasteiger partial charge on any atom is 0.291 e. The zero-order valence-corrected chi connectivity index (χ0v) is 17.6. The van der Waals surface area contributed by atoms with Crippen LogP contribution in [-0.2, 0) is 17.9 Å². The highest BCUT2D eigenvalue weighted by Crippen LogP contribution is 2.27. The van der Waals surface area contributed by atoms with Crippen molar-refractivity contribution in [1.29, 1.82) is 0 Å². The topological polar surface area (TPSA) is 63.4 Å². The first-order valence-corrected chi connectivity index (χ1v) is 10.6. The molecule has 1 aliphatic rings. The molecule has 7 nitrogen and oxygen atoms in total. The van der Waals surface area contributed by atoms with Crippen molar-refractivity contribution in [2.45, 2.75) is 13.1 Å². The van der Waals surface area contributed by atoms with E-state index in [2.05, 4.69) is 22.1 Å². The van der Waals surface area contributed by atoms with Gasteiger partial charge in [-0.3, -0.25) is 9.59 Å². The Labute approximate surface area is 180 Å². The predicted molar refractivity (Wildman–Crippen MR) is 121 cm³/mol. The van der Waals surface area contributed by atoms with Gasteiger partial charge in [-0.1, -0.05) is 48.5 Å². The Hall–Kier alpha value is -3.45. The van der Waals surface area contributed by atoms with Gasteiger partial charge in [-0.2, -0.15) is 5.10 Å². The molecular weight excluding hydrogens is 390 g/mol. The van der Waals surface area contributed by atoms with E-state index in [1.54, 1.807) is 6.20 Å². The molecule has 31 heavy (non-hydrogen) atoms. The van der Waals surface area contributed by atoms with Crippen LogP contribution in [0.25, 0.3) is 21.8 Å². The standard InChI is InChI=1S/C24H25N5O2/c1-26-11-13-27(14-12-26)22(30)17-29-24(31)23-20(15-25-29)19-9-5-6-10-21(19)28(23)16-18-7-3-2-4-8-18/h2-10,15H,11-14,16-17H2,1H3. The molecule has 0 spiro atoms. The molecule has 0 radical (unpaired) electrons. The number of benzene rings is 2. The fraction of sp³-hybridized carbons (Fsp3) is 0.292. The maximum absolute atomic E-state index is 13.5. The summed E-state index contributed by atoms with van der Waals surface area (Å²) in [5.41, 5.74) is 2.46. The van der Waals surface area contributed by atoms with Crippen LogP contribution in [0.1, 0.15) is 5.56 Å². The van der Waals surface area contributed by atoms with E-state index in [9.17, 15) is 9.59 Å². The molecule has 0 unspecified atom stereocenters. The minimum absolute atomic E-state index is 0.0364. The van der Waals surface area contributed by atoms with E-state index in [1.165, 1.54) is 4.68 Å². The Morgan fingerprint density at radius 1 is 0.935 bits per heavy atom. The number of nitrogens with zero attached hydrogens (tertiary/aromatic N) is 5. The highest BCUT2D eigenvalue weighted by Gasteiger charge is 2.22. The van der Waals surface area contributed by atoms with Crippen LogP contribution in [-0.4, -0.2) is 63.3 Å². The first kappa shape index (κ1) is 19.5. The van der Waals surface area contributed by atoms with Gasteiger partial charge in [0.15, 0.2) is 0 Å². The number of para-hydroxylation sites is 1. The number of hydrogen-bond donors (Lipinski definition) is 0. The van der Waals surface area contributed by atoms with Crippen LogP contribution in [0.15, 0.2) is 65.6 Å². The lowest BCUT2D eigenvalue weighted by Crippen LogP contribution is -2.48. The summed E-state index contributed by atoms with van der Waals surface area (Å²) in [5, 5.41) is 6.17. The number of piperazine rings is 1. The van der Waals surface area contributed by atoms with Gasteiger partial charge in [0.1, 0.15) is 12.1 Å². The van der Waals surface area contributed by atoms with Crippen LogP contribution >= 0.6 is 0 Å². The molecule has 2 aromatic carbocycles. The van der Waals surface area contributed by atoms with Crippen LogP contribution in [0, 0.1) is 0 Å². The molecule has 0 bridgehead atoms. The Morgan fingerprint density at radius 3 is 2.42 bits per heavy atom. The fourth-order valence-corrected chi connectivity index (χ4v) is 4.32. The van der Waals surface area contributed by atoms with E-state index in [1.807, 2.05) is 59.0 Å². The second-order valence-electron chi connectivity index (χ2n) is 8.14. The number of amides is 1. The average Bonchev–Trinajstić information content (AvgIpc) is 3.11. The first-order valence-electron chi connectivity index (χ1n) is 10.6. The average molecular weight is 415 g/mol. The van der Waals surface area contributed by atoms with Gasteiger partial charge < -0.3 is 14.4 Å². The molecule has 3 heterocycles. The Bertz CT molecular complexity index is 1300. The van der Waals surface area contributed by atoms with Gasteiger partial charge in [-0.25, -0.2) is 4.68 Å². The third-order valence-corrected chi connectivity index (χ3v) is 6.10. The van der Waals surface area contributed by atoms with Crippen LogP contribution < -0.4 is 5.56 Å². The van der Waals surface area contributed by atoms with Crippen LogP contribution in [0.3, 0.4) is 0 Å². The summed E-state index contributed by atoms with van der Waals surface area (Å²) >= 11 is 0. The second-order valence-corrected chi connectivity index (χ2v) is 8.14. The maximum atomic E-state index is 13.5. The van der Waals surface area contributed by atoms with Crippen molar-refractivity contribution in [3.05, 3.63) is 76.7 Å². The lowest BCUT2D eigenvalue weighted by Gasteiger charge is -2.32. The molecule has 4 aromatic rings. The summed E-state index contributed by atoms with van der Waals surface area (Å²) in [6.07, 6.45) is 1.72. The molecule has 1 fully saturated rings. The van der Waals surface area contributed by atoms with Gasteiger partial charge >= 0.3 is 0 Å². The van der Waals surface area contributed by atoms with E-state index in [0.29, 0.717) is 25.2 Å². The SMILES string of the molecule is CN1CCN(C(=O)Cn2ncc3c4ccccc4n(Cc4ccccc4)c3c2=O)CC1. The number of aromatic nitrogens is 3. The molecular formula is C24H25N5O2. The minimum Gasteiger partial charge on any atom is -0.339 e. The number of rotatable bonds is 4. The fourth-order valence-electron chi connectivity index (χ4n) is 4.32. The second kappa shape index (κ2) is 8.00. The number of hydrogen-bond acceptors (Lipinski definition) is 4. The van der Waals surface area contributed by atoms with Gasteiger partial charge in [-0.15, -0.1) is 0 Å². The van der Waals surface area contributed by atoms with Gasteiger partial charge in [0.2, 0.25) is 5.91 Å².